The van der Waals surface area contributed by atoms with E-state index in [0.29, 0.717) is 17.1 Å². The van der Waals surface area contributed by atoms with Crippen molar-refractivity contribution in [3.05, 3.63) is 17.7 Å². The van der Waals surface area contributed by atoms with Gasteiger partial charge in [0.2, 0.25) is 0 Å². The molecule has 0 aliphatic rings. The van der Waals surface area contributed by atoms with Crippen LogP contribution in [0.4, 0.5) is 0 Å². The van der Waals surface area contributed by atoms with Gasteiger partial charge in [-0.3, -0.25) is 4.79 Å². The fraction of sp³-hybridized carbons (Fsp3) is 0.417. The molecule has 18 heavy (non-hydrogen) atoms. The molecule has 1 rings (SSSR count). The molecular weight excluding hydrogens is 254 g/mol. The molecule has 0 bridgehead atoms. The first-order valence-electron chi connectivity index (χ1n) is 5.31. The largest absolute Gasteiger partial charge is 0.493 e. The van der Waals surface area contributed by atoms with Gasteiger partial charge in [-0.2, -0.15) is 0 Å². The van der Waals surface area contributed by atoms with Gasteiger partial charge in [0, 0.05) is 6.54 Å². The molecule has 3 N–H and O–H groups in total. The summed E-state index contributed by atoms with van der Waals surface area (Å²) < 4.78 is 10.5. The van der Waals surface area contributed by atoms with E-state index in [1.807, 2.05) is 6.26 Å². The summed E-state index contributed by atoms with van der Waals surface area (Å²) in [5.41, 5.74) is 6.12. The van der Waals surface area contributed by atoms with Gasteiger partial charge in [0.25, 0.3) is 0 Å². The van der Waals surface area contributed by atoms with Gasteiger partial charge in [0.1, 0.15) is 0 Å². The zero-order valence-electron chi connectivity index (χ0n) is 10.6. The van der Waals surface area contributed by atoms with Crippen LogP contribution in [0, 0.1) is 0 Å². The second kappa shape index (κ2) is 6.51. The lowest BCUT2D eigenvalue weighted by atomic mass is 9.99. The molecule has 0 radical (unpaired) electrons. The highest BCUT2D eigenvalue weighted by Gasteiger charge is 2.22. The SMILES string of the molecule is COc1cc(C(CN)C(=O)O)cc(SC)c1OC. The third-order valence-electron chi connectivity index (χ3n) is 2.62. The molecule has 0 heterocycles. The maximum Gasteiger partial charge on any atom is 0.312 e. The molecule has 0 spiro atoms. The quantitative estimate of drug-likeness (QED) is 0.764. The van der Waals surface area contributed by atoms with Crippen molar-refractivity contribution < 1.29 is 19.4 Å². The van der Waals surface area contributed by atoms with E-state index in [2.05, 4.69) is 0 Å². The highest BCUT2D eigenvalue weighted by atomic mass is 32.2. The minimum Gasteiger partial charge on any atom is -0.493 e. The van der Waals surface area contributed by atoms with Crippen molar-refractivity contribution in [1.29, 1.82) is 0 Å². The molecule has 0 saturated carbocycles. The number of nitrogens with two attached hydrogens (primary N) is 1. The van der Waals surface area contributed by atoms with Crippen LogP contribution >= 0.6 is 11.8 Å². The number of hydrogen-bond donors (Lipinski definition) is 2. The van der Waals surface area contributed by atoms with E-state index in [4.69, 9.17) is 20.3 Å². The average molecular weight is 271 g/mol. The van der Waals surface area contributed by atoms with Crippen LogP contribution < -0.4 is 15.2 Å². The highest BCUT2D eigenvalue weighted by Crippen LogP contribution is 2.39. The molecule has 1 aromatic rings. The summed E-state index contributed by atoms with van der Waals surface area (Å²) in [5, 5.41) is 9.12. The molecule has 1 aromatic carbocycles. The molecule has 5 nitrogen and oxygen atoms in total. The number of methoxy groups -OCH3 is 2. The Bertz CT molecular complexity index is 411. The van der Waals surface area contributed by atoms with Gasteiger partial charge in [0.05, 0.1) is 25.0 Å². The summed E-state index contributed by atoms with van der Waals surface area (Å²) in [6.07, 6.45) is 1.89. The monoisotopic (exact) mass is 271 g/mol. The highest BCUT2D eigenvalue weighted by molar-refractivity contribution is 7.98. The van der Waals surface area contributed by atoms with Crippen LogP contribution in [-0.4, -0.2) is 38.1 Å². The first-order valence-corrected chi connectivity index (χ1v) is 6.54. The van der Waals surface area contributed by atoms with Crippen LogP contribution in [0.2, 0.25) is 0 Å². The van der Waals surface area contributed by atoms with E-state index in [1.54, 1.807) is 19.2 Å². The maximum absolute atomic E-state index is 11.1. The van der Waals surface area contributed by atoms with E-state index >= 15 is 0 Å². The molecule has 0 aliphatic heterocycles. The number of rotatable bonds is 6. The average Bonchev–Trinajstić information content (AvgIpc) is 2.37. The number of ether oxygens (including phenoxy) is 2. The van der Waals surface area contributed by atoms with Gasteiger partial charge in [0.15, 0.2) is 11.5 Å². The van der Waals surface area contributed by atoms with Gasteiger partial charge in [-0.15, -0.1) is 11.8 Å². The van der Waals surface area contributed by atoms with Crippen molar-refractivity contribution in [3.8, 4) is 11.5 Å². The summed E-state index contributed by atoms with van der Waals surface area (Å²) in [6.45, 7) is 0.0403. The molecule has 0 aliphatic carbocycles. The molecular formula is C12H17NO4S. The van der Waals surface area contributed by atoms with Crippen molar-refractivity contribution in [3.63, 3.8) is 0 Å². The molecule has 100 valence electrons. The fourth-order valence-electron chi connectivity index (χ4n) is 1.68. The Morgan fingerprint density at radius 1 is 1.44 bits per heavy atom. The number of hydrogen-bond acceptors (Lipinski definition) is 5. The molecule has 6 heteroatoms. The van der Waals surface area contributed by atoms with E-state index in [9.17, 15) is 4.79 Å². The van der Waals surface area contributed by atoms with Crippen LogP contribution in [0.1, 0.15) is 11.5 Å². The first-order chi connectivity index (χ1) is 8.58. The lowest BCUT2D eigenvalue weighted by Gasteiger charge is -2.16. The molecule has 0 fully saturated rings. The lowest BCUT2D eigenvalue weighted by Crippen LogP contribution is -2.21. The Morgan fingerprint density at radius 2 is 2.11 bits per heavy atom. The summed E-state index contributed by atoms with van der Waals surface area (Å²) in [4.78, 5) is 12.0. The van der Waals surface area contributed by atoms with Crippen molar-refractivity contribution in [2.45, 2.75) is 10.8 Å². The van der Waals surface area contributed by atoms with Crippen LogP contribution in [0.25, 0.3) is 0 Å². The van der Waals surface area contributed by atoms with Crippen LogP contribution in [0.3, 0.4) is 0 Å². The van der Waals surface area contributed by atoms with Crippen molar-refractivity contribution in [2.24, 2.45) is 5.73 Å². The predicted octanol–water partition coefficient (Wildman–Crippen LogP) is 1.55. The summed E-state index contributed by atoms with van der Waals surface area (Å²) in [7, 11) is 3.07. The maximum atomic E-state index is 11.1. The molecule has 0 aromatic heterocycles. The summed E-state index contributed by atoms with van der Waals surface area (Å²) in [5.74, 6) is -0.568. The molecule has 0 saturated heterocycles. The topological polar surface area (TPSA) is 81.8 Å². The van der Waals surface area contributed by atoms with Crippen molar-refractivity contribution in [2.75, 3.05) is 27.0 Å². The number of thioether (sulfide) groups is 1. The summed E-state index contributed by atoms with van der Waals surface area (Å²) >= 11 is 1.46. The Hall–Kier alpha value is -1.40. The number of carboxylic acids is 1. The van der Waals surface area contributed by atoms with Gasteiger partial charge >= 0.3 is 5.97 Å². The first kappa shape index (κ1) is 14.7. The lowest BCUT2D eigenvalue weighted by molar-refractivity contribution is -0.138. The second-order valence-corrected chi connectivity index (χ2v) is 4.43. The fourth-order valence-corrected chi connectivity index (χ4v) is 2.31. The zero-order chi connectivity index (χ0) is 13.7. The molecule has 0 amide bonds. The van der Waals surface area contributed by atoms with E-state index in [-0.39, 0.29) is 6.54 Å². The number of carbonyl (C=O) groups is 1. The molecule has 1 atom stereocenters. The Labute approximate surface area is 110 Å². The number of benzene rings is 1. The van der Waals surface area contributed by atoms with Crippen LogP contribution in [0.5, 0.6) is 11.5 Å². The predicted molar refractivity (Wildman–Crippen MR) is 70.8 cm³/mol. The van der Waals surface area contributed by atoms with Crippen molar-refractivity contribution >= 4 is 17.7 Å². The zero-order valence-corrected chi connectivity index (χ0v) is 11.4. The third-order valence-corrected chi connectivity index (χ3v) is 3.37. The Morgan fingerprint density at radius 3 is 2.50 bits per heavy atom. The van der Waals surface area contributed by atoms with Gasteiger partial charge in [-0.05, 0) is 24.0 Å². The normalized spacial score (nSPS) is 12.0. The van der Waals surface area contributed by atoms with Crippen LogP contribution in [0.15, 0.2) is 17.0 Å². The smallest absolute Gasteiger partial charge is 0.312 e. The van der Waals surface area contributed by atoms with Gasteiger partial charge in [-0.25, -0.2) is 0 Å². The Balaban J connectivity index is 3.34. The second-order valence-electron chi connectivity index (χ2n) is 3.59. The van der Waals surface area contributed by atoms with Gasteiger partial charge in [-0.1, -0.05) is 0 Å². The van der Waals surface area contributed by atoms with Gasteiger partial charge < -0.3 is 20.3 Å². The third kappa shape index (κ3) is 2.88. The van der Waals surface area contributed by atoms with E-state index < -0.39 is 11.9 Å². The van der Waals surface area contributed by atoms with Crippen molar-refractivity contribution in [1.82, 2.24) is 0 Å². The summed E-state index contributed by atoms with van der Waals surface area (Å²) in [6, 6.07) is 3.43. The van der Waals surface area contributed by atoms with Crippen LogP contribution in [-0.2, 0) is 4.79 Å². The van der Waals surface area contributed by atoms with E-state index in [0.717, 1.165) is 4.90 Å². The minimum absolute atomic E-state index is 0.0403. The number of carboxylic acid groups (broad SMARTS) is 1. The molecule has 1 unspecified atom stereocenters. The van der Waals surface area contributed by atoms with E-state index in [1.165, 1.54) is 18.9 Å². The Kier molecular flexibility index (Phi) is 5.30. The minimum atomic E-state index is -0.947. The standard InChI is InChI=1S/C12H17NO4S/c1-16-9-4-7(8(6-13)12(14)15)5-10(18-3)11(9)17-2/h4-5,8H,6,13H2,1-3H3,(H,14,15). The number of aliphatic carboxylic acids is 1.